The summed E-state index contributed by atoms with van der Waals surface area (Å²) in [5, 5.41) is 5.02. The van der Waals surface area contributed by atoms with Crippen molar-refractivity contribution in [2.45, 2.75) is 11.8 Å². The quantitative estimate of drug-likeness (QED) is 0.798. The second-order valence-corrected chi connectivity index (χ2v) is 5.51. The number of nitrogens with two attached hydrogens (primary N) is 1. The molecule has 0 saturated carbocycles. The number of nitrogens with zero attached hydrogens (tertiary/aromatic N) is 1. The summed E-state index contributed by atoms with van der Waals surface area (Å²) in [5.74, 6) is -0.246. The summed E-state index contributed by atoms with van der Waals surface area (Å²) in [4.78, 5) is 13.4. The van der Waals surface area contributed by atoms with Crippen LogP contribution in [0.2, 0.25) is 0 Å². The van der Waals surface area contributed by atoms with Crippen molar-refractivity contribution >= 4 is 15.9 Å². The zero-order chi connectivity index (χ0) is 13.3. The maximum Gasteiger partial charge on any atom is 0.289 e. The number of furan rings is 1. The highest BCUT2D eigenvalue weighted by atomic mass is 32.2. The van der Waals surface area contributed by atoms with E-state index in [2.05, 4.69) is 0 Å². The van der Waals surface area contributed by atoms with Gasteiger partial charge >= 0.3 is 0 Å². The number of aryl methyl sites for hydroxylation is 1. The van der Waals surface area contributed by atoms with Gasteiger partial charge in [0.1, 0.15) is 10.7 Å². The number of hydrogen-bond acceptors (Lipinski definition) is 5. The van der Waals surface area contributed by atoms with Crippen molar-refractivity contribution in [1.29, 1.82) is 0 Å². The third-order valence-electron chi connectivity index (χ3n) is 2.69. The van der Waals surface area contributed by atoms with Crippen LogP contribution in [-0.2, 0) is 14.8 Å². The summed E-state index contributed by atoms with van der Waals surface area (Å²) >= 11 is 0. The lowest BCUT2D eigenvalue weighted by Gasteiger charge is -2.25. The molecule has 2 heterocycles. The van der Waals surface area contributed by atoms with Gasteiger partial charge in [-0.05, 0) is 6.92 Å². The summed E-state index contributed by atoms with van der Waals surface area (Å²) in [5.41, 5.74) is 0. The van der Waals surface area contributed by atoms with Crippen LogP contribution in [0.4, 0.5) is 0 Å². The van der Waals surface area contributed by atoms with Crippen molar-refractivity contribution in [3.63, 3.8) is 0 Å². The fourth-order valence-electron chi connectivity index (χ4n) is 1.78. The van der Waals surface area contributed by atoms with Crippen molar-refractivity contribution in [3.05, 3.63) is 17.6 Å². The summed E-state index contributed by atoms with van der Waals surface area (Å²) < 4.78 is 32.8. The van der Waals surface area contributed by atoms with Crippen LogP contribution >= 0.6 is 0 Å². The Morgan fingerprint density at radius 1 is 1.39 bits per heavy atom. The fraction of sp³-hybridized carbons (Fsp3) is 0.500. The molecule has 1 amide bonds. The lowest BCUT2D eigenvalue weighted by molar-refractivity contribution is 0.0282. The molecule has 0 atom stereocenters. The second-order valence-electron chi connectivity index (χ2n) is 3.98. The van der Waals surface area contributed by atoms with Crippen LogP contribution in [0.25, 0.3) is 0 Å². The van der Waals surface area contributed by atoms with Crippen molar-refractivity contribution in [2.75, 3.05) is 26.3 Å². The third-order valence-corrected chi connectivity index (χ3v) is 3.71. The number of sulfonamides is 1. The van der Waals surface area contributed by atoms with Gasteiger partial charge in [-0.2, -0.15) is 0 Å². The predicted octanol–water partition coefficient (Wildman–Crippen LogP) is -0.292. The monoisotopic (exact) mass is 274 g/mol. The molecule has 1 aromatic rings. The van der Waals surface area contributed by atoms with E-state index in [4.69, 9.17) is 14.3 Å². The zero-order valence-electron chi connectivity index (χ0n) is 9.88. The molecule has 0 spiro atoms. The highest BCUT2D eigenvalue weighted by Crippen LogP contribution is 2.20. The fourth-order valence-corrected chi connectivity index (χ4v) is 2.49. The first-order valence-corrected chi connectivity index (χ1v) is 6.94. The number of morpholine rings is 1. The number of rotatable bonds is 2. The highest BCUT2D eigenvalue weighted by Gasteiger charge is 2.25. The first-order chi connectivity index (χ1) is 8.39. The Labute approximate surface area is 105 Å². The van der Waals surface area contributed by atoms with Gasteiger partial charge in [-0.1, -0.05) is 0 Å². The Balaban J connectivity index is 2.26. The van der Waals surface area contributed by atoms with Crippen molar-refractivity contribution in [2.24, 2.45) is 5.14 Å². The highest BCUT2D eigenvalue weighted by molar-refractivity contribution is 7.89. The van der Waals surface area contributed by atoms with Crippen molar-refractivity contribution in [3.8, 4) is 0 Å². The van der Waals surface area contributed by atoms with E-state index < -0.39 is 10.0 Å². The number of ether oxygens (including phenoxy) is 1. The summed E-state index contributed by atoms with van der Waals surface area (Å²) in [6.07, 6.45) is 0. The van der Waals surface area contributed by atoms with Gasteiger partial charge in [0.15, 0.2) is 5.76 Å². The molecule has 1 aliphatic rings. The van der Waals surface area contributed by atoms with E-state index in [0.717, 1.165) is 0 Å². The molecule has 0 aliphatic carbocycles. The standard InChI is InChI=1S/C10H14N2O5S/c1-7-9(18(11,14)15)6-8(17-7)10(13)12-2-4-16-5-3-12/h6H,2-5H2,1H3,(H2,11,14,15). The van der Waals surface area contributed by atoms with E-state index in [1.54, 1.807) is 4.90 Å². The second kappa shape index (κ2) is 4.71. The van der Waals surface area contributed by atoms with E-state index in [-0.39, 0.29) is 22.3 Å². The molecule has 100 valence electrons. The van der Waals surface area contributed by atoms with Crippen LogP contribution in [0.5, 0.6) is 0 Å². The SMILES string of the molecule is Cc1oc(C(=O)N2CCOCC2)cc1S(N)(=O)=O. The van der Waals surface area contributed by atoms with Gasteiger partial charge < -0.3 is 14.1 Å². The molecule has 0 unspecified atom stereocenters. The van der Waals surface area contributed by atoms with Crippen LogP contribution in [0.15, 0.2) is 15.4 Å². The van der Waals surface area contributed by atoms with E-state index in [1.807, 2.05) is 0 Å². The Morgan fingerprint density at radius 3 is 2.50 bits per heavy atom. The molecule has 1 aromatic heterocycles. The lowest BCUT2D eigenvalue weighted by Crippen LogP contribution is -2.40. The minimum absolute atomic E-state index is 0.0153. The summed E-state index contributed by atoms with van der Waals surface area (Å²) in [6.45, 7) is 3.31. The molecule has 0 aromatic carbocycles. The Morgan fingerprint density at radius 2 is 2.00 bits per heavy atom. The first kappa shape index (κ1) is 13.1. The molecule has 1 fully saturated rings. The Kier molecular flexibility index (Phi) is 3.42. The first-order valence-electron chi connectivity index (χ1n) is 5.40. The minimum Gasteiger partial charge on any atom is -0.455 e. The number of amides is 1. The molecule has 18 heavy (non-hydrogen) atoms. The van der Waals surface area contributed by atoms with Crippen molar-refractivity contribution < 1.29 is 22.4 Å². The number of carbonyl (C=O) groups is 1. The average molecular weight is 274 g/mol. The number of primary sulfonamides is 1. The molecule has 2 rings (SSSR count). The maximum absolute atomic E-state index is 12.0. The van der Waals surface area contributed by atoms with Gasteiger partial charge in [-0.3, -0.25) is 4.79 Å². The van der Waals surface area contributed by atoms with E-state index >= 15 is 0 Å². The van der Waals surface area contributed by atoms with Gasteiger partial charge in [-0.15, -0.1) is 0 Å². The molecular formula is C10H14N2O5S. The van der Waals surface area contributed by atoms with Gasteiger partial charge in [0.25, 0.3) is 5.91 Å². The van der Waals surface area contributed by atoms with Gasteiger partial charge in [0, 0.05) is 19.2 Å². The summed E-state index contributed by atoms with van der Waals surface area (Å²) in [6, 6.07) is 1.17. The normalized spacial score (nSPS) is 16.9. The van der Waals surface area contributed by atoms with E-state index in [9.17, 15) is 13.2 Å². The Bertz CT molecular complexity index is 557. The number of carbonyl (C=O) groups excluding carboxylic acids is 1. The molecule has 8 heteroatoms. The van der Waals surface area contributed by atoms with Crippen LogP contribution in [0.3, 0.4) is 0 Å². The lowest BCUT2D eigenvalue weighted by atomic mass is 10.3. The van der Waals surface area contributed by atoms with Gasteiger partial charge in [0.2, 0.25) is 10.0 Å². The molecule has 1 aliphatic heterocycles. The smallest absolute Gasteiger partial charge is 0.289 e. The van der Waals surface area contributed by atoms with E-state index in [1.165, 1.54) is 13.0 Å². The molecular weight excluding hydrogens is 260 g/mol. The van der Waals surface area contributed by atoms with Crippen LogP contribution < -0.4 is 5.14 Å². The minimum atomic E-state index is -3.87. The van der Waals surface area contributed by atoms with E-state index in [0.29, 0.717) is 26.3 Å². The summed E-state index contributed by atoms with van der Waals surface area (Å²) in [7, 11) is -3.87. The average Bonchev–Trinajstić information content (AvgIpc) is 2.71. The zero-order valence-corrected chi connectivity index (χ0v) is 10.7. The number of hydrogen-bond donors (Lipinski definition) is 1. The molecule has 7 nitrogen and oxygen atoms in total. The predicted molar refractivity (Wildman–Crippen MR) is 61.5 cm³/mol. The maximum atomic E-state index is 12.0. The van der Waals surface area contributed by atoms with Crippen molar-refractivity contribution in [1.82, 2.24) is 4.90 Å². The topological polar surface area (TPSA) is 103 Å². The van der Waals surface area contributed by atoms with Gasteiger partial charge in [-0.25, -0.2) is 13.6 Å². The largest absolute Gasteiger partial charge is 0.455 e. The Hall–Kier alpha value is -1.38. The molecule has 1 saturated heterocycles. The molecule has 0 bridgehead atoms. The molecule has 2 N–H and O–H groups in total. The van der Waals surface area contributed by atoms with Crippen LogP contribution in [0, 0.1) is 6.92 Å². The molecule has 0 radical (unpaired) electrons. The van der Waals surface area contributed by atoms with Crippen LogP contribution in [0.1, 0.15) is 16.3 Å². The third kappa shape index (κ3) is 2.55. The van der Waals surface area contributed by atoms with Crippen LogP contribution in [-0.4, -0.2) is 45.5 Å². The van der Waals surface area contributed by atoms with Gasteiger partial charge in [0.05, 0.1) is 13.2 Å².